The summed E-state index contributed by atoms with van der Waals surface area (Å²) in [6, 6.07) is 0. The van der Waals surface area contributed by atoms with Gasteiger partial charge < -0.3 is 9.47 Å². The van der Waals surface area contributed by atoms with E-state index in [-0.39, 0.29) is 13.2 Å². The van der Waals surface area contributed by atoms with Crippen molar-refractivity contribution in [3.05, 3.63) is 0 Å². The Morgan fingerprint density at radius 3 is 1.57 bits per heavy atom. The van der Waals surface area contributed by atoms with Gasteiger partial charge in [0, 0.05) is 23.2 Å². The molecule has 0 bridgehead atoms. The van der Waals surface area contributed by atoms with Gasteiger partial charge in [0.15, 0.2) is 13.2 Å². The average molecular weight is 235 g/mol. The number of rotatable bonds is 2. The molecule has 0 heterocycles. The van der Waals surface area contributed by atoms with Crippen LogP contribution in [0.5, 0.6) is 0 Å². The Morgan fingerprint density at radius 1 is 0.929 bits per heavy atom. The van der Waals surface area contributed by atoms with Crippen LogP contribution in [0.4, 0.5) is 9.59 Å². The van der Waals surface area contributed by atoms with Gasteiger partial charge in [0.2, 0.25) is 0 Å². The van der Waals surface area contributed by atoms with E-state index < -0.39 is 10.9 Å². The number of carbonyl (C=O) groups is 2. The van der Waals surface area contributed by atoms with E-state index in [1.54, 1.807) is 0 Å². The maximum atomic E-state index is 10.0. The van der Waals surface area contributed by atoms with E-state index in [2.05, 4.69) is 33.2 Å². The predicted molar refractivity (Wildman–Crippen MR) is 50.0 cm³/mol. The first-order valence-corrected chi connectivity index (χ1v) is 3.98. The highest BCUT2D eigenvalue weighted by Gasteiger charge is 1.89. The molecular weight excluding hydrogens is 231 g/mol. The minimum Gasteiger partial charge on any atom is -0.440 e. The van der Waals surface area contributed by atoms with Crippen LogP contribution < -0.4 is 0 Å². The molecule has 0 spiro atoms. The number of ether oxygens (including phenoxy) is 2. The molecule has 0 atom stereocenters. The molecule has 0 amide bonds. The summed E-state index contributed by atoms with van der Waals surface area (Å²) in [4.78, 5) is 20.0. The lowest BCUT2D eigenvalue weighted by Gasteiger charge is -1.88. The summed E-state index contributed by atoms with van der Waals surface area (Å²) in [6.45, 7) is -0.265. The van der Waals surface area contributed by atoms with Crippen molar-refractivity contribution >= 4 is 34.1 Å². The van der Waals surface area contributed by atoms with Crippen molar-refractivity contribution in [2.24, 2.45) is 0 Å². The Labute approximate surface area is 90.4 Å². The normalized spacial score (nSPS) is 7.29. The second-order valence-electron chi connectivity index (χ2n) is 1.66. The molecule has 4 nitrogen and oxygen atoms in total. The molecule has 0 N–H and O–H groups in total. The molecular formula is C8H4Cl2O4. The van der Waals surface area contributed by atoms with E-state index in [4.69, 9.17) is 23.2 Å². The molecule has 0 fully saturated rings. The quantitative estimate of drug-likeness (QED) is 0.540. The Hall–Kier alpha value is -1.36. The Morgan fingerprint density at radius 2 is 1.29 bits per heavy atom. The third-order valence-corrected chi connectivity index (χ3v) is 0.973. The van der Waals surface area contributed by atoms with Crippen molar-refractivity contribution in [2.75, 3.05) is 13.2 Å². The van der Waals surface area contributed by atoms with Gasteiger partial charge in [-0.05, 0) is 23.7 Å². The zero-order chi connectivity index (χ0) is 10.8. The highest BCUT2D eigenvalue weighted by molar-refractivity contribution is 6.61. The van der Waals surface area contributed by atoms with Crippen LogP contribution in [0.3, 0.4) is 0 Å². The third kappa shape index (κ3) is 10.6. The van der Waals surface area contributed by atoms with Crippen molar-refractivity contribution in [2.45, 2.75) is 0 Å². The van der Waals surface area contributed by atoms with Crippen LogP contribution in [0.2, 0.25) is 0 Å². The van der Waals surface area contributed by atoms with Gasteiger partial charge in [-0.2, -0.15) is 0 Å². The summed E-state index contributed by atoms with van der Waals surface area (Å²) in [5, 5.41) is 0. The zero-order valence-corrected chi connectivity index (χ0v) is 8.31. The largest absolute Gasteiger partial charge is 0.440 e. The molecule has 74 valence electrons. The molecule has 0 radical (unpaired) electrons. The van der Waals surface area contributed by atoms with Gasteiger partial charge in [-0.1, -0.05) is 0 Å². The van der Waals surface area contributed by atoms with Gasteiger partial charge >= 0.3 is 10.9 Å². The molecule has 0 aromatic carbocycles. The summed E-state index contributed by atoms with van der Waals surface area (Å²) >= 11 is 9.68. The van der Waals surface area contributed by atoms with Crippen molar-refractivity contribution in [1.29, 1.82) is 0 Å². The Bertz CT molecular complexity index is 295. The van der Waals surface area contributed by atoms with E-state index in [1.807, 2.05) is 0 Å². The molecule has 0 aliphatic heterocycles. The second-order valence-corrected chi connectivity index (χ2v) is 2.27. The molecule has 0 aromatic rings. The maximum Gasteiger partial charge on any atom is 0.404 e. The van der Waals surface area contributed by atoms with Crippen LogP contribution in [0.15, 0.2) is 0 Å². The van der Waals surface area contributed by atoms with Gasteiger partial charge in [0.25, 0.3) is 0 Å². The second kappa shape index (κ2) is 8.25. The molecule has 0 unspecified atom stereocenters. The van der Waals surface area contributed by atoms with Crippen LogP contribution in [-0.2, 0) is 9.47 Å². The minimum atomic E-state index is -0.927. The first-order valence-electron chi connectivity index (χ1n) is 3.23. The molecule has 0 aliphatic rings. The highest BCUT2D eigenvalue weighted by Crippen LogP contribution is 1.84. The van der Waals surface area contributed by atoms with E-state index in [0.717, 1.165) is 0 Å². The van der Waals surface area contributed by atoms with Crippen molar-refractivity contribution in [1.82, 2.24) is 0 Å². The summed E-state index contributed by atoms with van der Waals surface area (Å²) in [7, 11) is 0. The molecule has 14 heavy (non-hydrogen) atoms. The van der Waals surface area contributed by atoms with Crippen molar-refractivity contribution < 1.29 is 19.1 Å². The molecule has 0 aromatic heterocycles. The maximum absolute atomic E-state index is 10.0. The Kier molecular flexibility index (Phi) is 7.45. The molecule has 0 saturated carbocycles. The summed E-state index contributed by atoms with van der Waals surface area (Å²) in [6.07, 6.45) is 0. The van der Waals surface area contributed by atoms with Gasteiger partial charge in [-0.15, -0.1) is 0 Å². The fourth-order valence-corrected chi connectivity index (χ4v) is 0.455. The van der Waals surface area contributed by atoms with Crippen LogP contribution in [0, 0.1) is 23.7 Å². The minimum absolute atomic E-state index is 0.133. The first kappa shape index (κ1) is 12.6. The average Bonchev–Trinajstić information content (AvgIpc) is 2.08. The van der Waals surface area contributed by atoms with Crippen LogP contribution in [0.1, 0.15) is 0 Å². The van der Waals surface area contributed by atoms with Gasteiger partial charge in [0.1, 0.15) is 0 Å². The number of hydrogen-bond acceptors (Lipinski definition) is 4. The fraction of sp³-hybridized carbons (Fsp3) is 0.250. The van der Waals surface area contributed by atoms with Crippen LogP contribution in [0.25, 0.3) is 0 Å². The van der Waals surface area contributed by atoms with E-state index in [0.29, 0.717) is 0 Å². The lowest BCUT2D eigenvalue weighted by molar-refractivity contribution is 0.187. The SMILES string of the molecule is O=C(Cl)OCC#CC#CCOC(=O)Cl. The number of halogens is 2. The molecule has 6 heteroatoms. The van der Waals surface area contributed by atoms with E-state index in [9.17, 15) is 9.59 Å². The van der Waals surface area contributed by atoms with Crippen LogP contribution >= 0.6 is 23.2 Å². The lowest BCUT2D eigenvalue weighted by Crippen LogP contribution is -1.93. The number of hydrogen-bond donors (Lipinski definition) is 0. The smallest absolute Gasteiger partial charge is 0.404 e. The summed E-state index contributed by atoms with van der Waals surface area (Å²) < 4.78 is 8.53. The third-order valence-electron chi connectivity index (χ3n) is 0.755. The molecule has 0 aliphatic carbocycles. The fourth-order valence-electron chi connectivity index (χ4n) is 0.346. The van der Waals surface area contributed by atoms with Gasteiger partial charge in [-0.3, -0.25) is 0 Å². The molecule has 0 saturated heterocycles. The van der Waals surface area contributed by atoms with Crippen molar-refractivity contribution in [3.63, 3.8) is 0 Å². The summed E-state index contributed by atoms with van der Waals surface area (Å²) in [5.41, 5.74) is -1.85. The standard InChI is InChI=1S/C8H4Cl2O4/c9-7(11)13-5-3-1-2-4-6-14-8(10)12/h5-6H2. The number of carbonyl (C=O) groups excluding carboxylic acids is 2. The summed E-state index contributed by atoms with van der Waals surface area (Å²) in [5.74, 6) is 9.43. The molecule has 0 rings (SSSR count). The lowest BCUT2D eigenvalue weighted by atomic mass is 10.5. The monoisotopic (exact) mass is 234 g/mol. The highest BCUT2D eigenvalue weighted by atomic mass is 35.5. The van der Waals surface area contributed by atoms with Gasteiger partial charge in [-0.25, -0.2) is 9.59 Å². The predicted octanol–water partition coefficient (Wildman–Crippen LogP) is 1.74. The zero-order valence-electron chi connectivity index (χ0n) is 6.80. The van der Waals surface area contributed by atoms with E-state index >= 15 is 0 Å². The Balaban J connectivity index is 3.58. The van der Waals surface area contributed by atoms with Crippen molar-refractivity contribution in [3.8, 4) is 23.7 Å². The first-order chi connectivity index (χ1) is 6.63. The topological polar surface area (TPSA) is 52.6 Å². The van der Waals surface area contributed by atoms with Gasteiger partial charge in [0.05, 0.1) is 0 Å². The van der Waals surface area contributed by atoms with Crippen LogP contribution in [-0.4, -0.2) is 24.1 Å². The van der Waals surface area contributed by atoms with E-state index in [1.165, 1.54) is 0 Å².